The molecule has 1 aromatic heterocycles. The summed E-state index contributed by atoms with van der Waals surface area (Å²) < 4.78 is 13.9. The number of carbonyl (C=O) groups excluding carboxylic acids is 1. The number of anilines is 1. The molecule has 130 valence electrons. The Bertz CT molecular complexity index is 1030. The number of fused-ring (bicyclic) bond motifs is 5. The number of hydrogen-bond donors (Lipinski definition) is 0. The molecule has 3 aromatic rings. The fourth-order valence-corrected chi connectivity index (χ4v) is 3.89. The van der Waals surface area contributed by atoms with Crippen molar-refractivity contribution in [1.29, 1.82) is 0 Å². The molecule has 2 aliphatic heterocycles. The predicted octanol–water partition coefficient (Wildman–Crippen LogP) is 5.22. The molecular formula is C20H15ClN2O3. The van der Waals surface area contributed by atoms with E-state index in [4.69, 9.17) is 21.1 Å². The van der Waals surface area contributed by atoms with Crippen molar-refractivity contribution >= 4 is 23.4 Å². The summed E-state index contributed by atoms with van der Waals surface area (Å²) in [5.41, 5.74) is 2.43. The van der Waals surface area contributed by atoms with Crippen molar-refractivity contribution in [1.82, 2.24) is 4.57 Å². The van der Waals surface area contributed by atoms with Crippen LogP contribution < -0.4 is 9.64 Å². The van der Waals surface area contributed by atoms with E-state index in [2.05, 4.69) is 0 Å². The van der Waals surface area contributed by atoms with Gasteiger partial charge in [0.15, 0.2) is 11.9 Å². The van der Waals surface area contributed by atoms with Gasteiger partial charge in [-0.1, -0.05) is 29.8 Å². The van der Waals surface area contributed by atoms with Gasteiger partial charge in [-0.15, -0.1) is 0 Å². The second kappa shape index (κ2) is 5.54. The molecule has 0 saturated carbocycles. The van der Waals surface area contributed by atoms with Gasteiger partial charge >= 0.3 is 6.09 Å². The lowest BCUT2D eigenvalue weighted by Crippen LogP contribution is -2.27. The summed E-state index contributed by atoms with van der Waals surface area (Å²) in [6.07, 6.45) is 1.08. The summed E-state index contributed by atoms with van der Waals surface area (Å²) in [6.45, 7) is 0. The zero-order chi connectivity index (χ0) is 17.8. The molecule has 1 amide bonds. The molecule has 0 bridgehead atoms. The molecule has 2 atom stereocenters. The van der Waals surface area contributed by atoms with Crippen LogP contribution in [0, 0.1) is 0 Å². The van der Waals surface area contributed by atoms with Crippen LogP contribution in [0.1, 0.15) is 23.4 Å². The standard InChI is InChI=1S/C20H15ClN2O3/c1-22-10-4-6-14(22)19-18-13-5-2-3-7-16(13)25-17-9-8-12(21)11-15(17)23(18)20(24)26-19/h2-11,18-19H,1H3/t18-,19?/m0/s1. The Kier molecular flexibility index (Phi) is 3.27. The molecular weight excluding hydrogens is 352 g/mol. The van der Waals surface area contributed by atoms with E-state index in [1.54, 1.807) is 23.1 Å². The first-order chi connectivity index (χ1) is 12.6. The number of ether oxygens (including phenoxy) is 2. The van der Waals surface area contributed by atoms with Crippen molar-refractivity contribution in [2.24, 2.45) is 7.05 Å². The van der Waals surface area contributed by atoms with E-state index in [9.17, 15) is 4.79 Å². The Balaban J connectivity index is 1.77. The average molecular weight is 367 g/mol. The molecule has 3 heterocycles. The molecule has 0 spiro atoms. The number of carbonyl (C=O) groups is 1. The third-order valence-corrected chi connectivity index (χ3v) is 5.14. The fourth-order valence-electron chi connectivity index (χ4n) is 3.72. The number of para-hydroxylation sites is 1. The topological polar surface area (TPSA) is 43.7 Å². The van der Waals surface area contributed by atoms with Gasteiger partial charge in [-0.25, -0.2) is 4.79 Å². The smallest absolute Gasteiger partial charge is 0.415 e. The first-order valence-electron chi connectivity index (χ1n) is 8.31. The van der Waals surface area contributed by atoms with Gasteiger partial charge in [0, 0.05) is 23.8 Å². The highest BCUT2D eigenvalue weighted by Crippen LogP contribution is 2.53. The van der Waals surface area contributed by atoms with E-state index >= 15 is 0 Å². The Morgan fingerprint density at radius 2 is 1.88 bits per heavy atom. The van der Waals surface area contributed by atoms with Crippen LogP contribution in [-0.4, -0.2) is 10.7 Å². The quantitative estimate of drug-likeness (QED) is 0.592. The van der Waals surface area contributed by atoms with Gasteiger partial charge in [0.25, 0.3) is 0 Å². The minimum absolute atomic E-state index is 0.341. The highest BCUT2D eigenvalue weighted by atomic mass is 35.5. The summed E-state index contributed by atoms with van der Waals surface area (Å²) in [6, 6.07) is 16.6. The van der Waals surface area contributed by atoms with Crippen LogP contribution in [0.2, 0.25) is 5.02 Å². The summed E-state index contributed by atoms with van der Waals surface area (Å²) in [5.74, 6) is 1.29. The van der Waals surface area contributed by atoms with Crippen molar-refractivity contribution in [2.45, 2.75) is 12.1 Å². The summed E-state index contributed by atoms with van der Waals surface area (Å²) in [4.78, 5) is 14.5. The SMILES string of the molecule is Cn1cccc1C1OC(=O)N2c3cc(Cl)ccc3Oc3ccccc3[C@@H]12. The van der Waals surface area contributed by atoms with E-state index in [0.717, 1.165) is 11.3 Å². The summed E-state index contributed by atoms with van der Waals surface area (Å²) in [5, 5.41) is 0.534. The van der Waals surface area contributed by atoms with Crippen LogP contribution in [0.15, 0.2) is 60.8 Å². The maximum atomic E-state index is 12.9. The van der Waals surface area contributed by atoms with Crippen LogP contribution in [0.4, 0.5) is 10.5 Å². The number of nitrogens with zero attached hydrogens (tertiary/aromatic N) is 2. The minimum Gasteiger partial charge on any atom is -0.455 e. The molecule has 2 aromatic carbocycles. The van der Waals surface area contributed by atoms with Gasteiger partial charge in [0.1, 0.15) is 11.8 Å². The lowest BCUT2D eigenvalue weighted by Gasteiger charge is -2.24. The van der Waals surface area contributed by atoms with E-state index < -0.39 is 12.2 Å². The third-order valence-electron chi connectivity index (χ3n) is 4.90. The maximum Gasteiger partial charge on any atom is 0.415 e. The van der Waals surface area contributed by atoms with Crippen molar-refractivity contribution in [2.75, 3.05) is 4.90 Å². The lowest BCUT2D eigenvalue weighted by molar-refractivity contribution is 0.128. The van der Waals surface area contributed by atoms with Crippen LogP contribution in [-0.2, 0) is 11.8 Å². The minimum atomic E-state index is -0.447. The number of benzene rings is 2. The monoisotopic (exact) mass is 366 g/mol. The first kappa shape index (κ1) is 15.3. The molecule has 26 heavy (non-hydrogen) atoms. The molecule has 1 unspecified atom stereocenters. The molecule has 0 aliphatic carbocycles. The number of aromatic nitrogens is 1. The van der Waals surface area contributed by atoms with E-state index in [-0.39, 0.29) is 6.04 Å². The number of amides is 1. The van der Waals surface area contributed by atoms with E-state index in [0.29, 0.717) is 22.2 Å². The Morgan fingerprint density at radius 3 is 2.69 bits per heavy atom. The molecule has 5 nitrogen and oxygen atoms in total. The largest absolute Gasteiger partial charge is 0.455 e. The number of cyclic esters (lactones) is 1. The molecule has 1 saturated heterocycles. The zero-order valence-corrected chi connectivity index (χ0v) is 14.7. The number of rotatable bonds is 1. The van der Waals surface area contributed by atoms with Gasteiger partial charge in [-0.05, 0) is 36.4 Å². The fraction of sp³-hybridized carbons (Fsp3) is 0.150. The van der Waals surface area contributed by atoms with Gasteiger partial charge in [0.2, 0.25) is 0 Å². The van der Waals surface area contributed by atoms with Gasteiger partial charge < -0.3 is 14.0 Å². The van der Waals surface area contributed by atoms with Gasteiger partial charge in [-0.3, -0.25) is 4.90 Å². The molecule has 2 aliphatic rings. The third kappa shape index (κ3) is 2.14. The van der Waals surface area contributed by atoms with Crippen molar-refractivity contribution in [3.63, 3.8) is 0 Å². The Morgan fingerprint density at radius 1 is 1.04 bits per heavy atom. The number of hydrogen-bond acceptors (Lipinski definition) is 3. The van der Waals surface area contributed by atoms with Crippen LogP contribution >= 0.6 is 11.6 Å². The van der Waals surface area contributed by atoms with E-state index in [1.807, 2.05) is 54.2 Å². The zero-order valence-electron chi connectivity index (χ0n) is 13.9. The Hall–Kier alpha value is -2.92. The summed E-state index contributed by atoms with van der Waals surface area (Å²) >= 11 is 6.20. The number of halogens is 1. The summed E-state index contributed by atoms with van der Waals surface area (Å²) in [7, 11) is 1.94. The van der Waals surface area contributed by atoms with Crippen LogP contribution in [0.3, 0.4) is 0 Å². The van der Waals surface area contributed by atoms with Crippen LogP contribution in [0.25, 0.3) is 0 Å². The maximum absolute atomic E-state index is 12.9. The van der Waals surface area contributed by atoms with Crippen molar-refractivity contribution < 1.29 is 14.3 Å². The molecule has 1 fully saturated rings. The first-order valence-corrected chi connectivity index (χ1v) is 8.68. The second-order valence-electron chi connectivity index (χ2n) is 6.42. The average Bonchev–Trinajstić information content (AvgIpc) is 3.15. The molecule has 0 N–H and O–H groups in total. The van der Waals surface area contributed by atoms with Gasteiger partial charge in [-0.2, -0.15) is 0 Å². The Labute approximate surface area is 155 Å². The van der Waals surface area contributed by atoms with Crippen molar-refractivity contribution in [3.8, 4) is 11.5 Å². The predicted molar refractivity (Wildman–Crippen MR) is 97.8 cm³/mol. The van der Waals surface area contributed by atoms with Gasteiger partial charge in [0.05, 0.1) is 11.4 Å². The molecule has 0 radical (unpaired) electrons. The van der Waals surface area contributed by atoms with Crippen molar-refractivity contribution in [3.05, 3.63) is 77.1 Å². The number of aryl methyl sites for hydroxylation is 1. The second-order valence-corrected chi connectivity index (χ2v) is 6.85. The van der Waals surface area contributed by atoms with Crippen LogP contribution in [0.5, 0.6) is 11.5 Å². The molecule has 6 heteroatoms. The normalized spacial score (nSPS) is 20.5. The highest BCUT2D eigenvalue weighted by Gasteiger charge is 2.48. The molecule has 5 rings (SSSR count). The highest BCUT2D eigenvalue weighted by molar-refractivity contribution is 6.31. The van der Waals surface area contributed by atoms with E-state index in [1.165, 1.54) is 0 Å². The lowest BCUT2D eigenvalue weighted by atomic mass is 9.97.